The number of carbonyl (C=O) groups excluding carboxylic acids is 2. The molecule has 0 heterocycles. The van der Waals surface area contributed by atoms with Crippen LogP contribution in [0, 0.1) is 0 Å². The lowest BCUT2D eigenvalue weighted by atomic mass is 9.95. The summed E-state index contributed by atoms with van der Waals surface area (Å²) in [7, 11) is 3.04. The van der Waals surface area contributed by atoms with E-state index in [0.717, 1.165) is 0 Å². The first-order valence-corrected chi connectivity index (χ1v) is 6.91. The van der Waals surface area contributed by atoms with E-state index in [4.69, 9.17) is 9.47 Å². The number of hydrogen-bond acceptors (Lipinski definition) is 4. The first kappa shape index (κ1) is 15.8. The van der Waals surface area contributed by atoms with Gasteiger partial charge in [-0.05, 0) is 24.6 Å². The Morgan fingerprint density at radius 1 is 0.955 bits per heavy atom. The molecule has 0 spiro atoms. The number of ether oxygens (including phenoxy) is 2. The molecule has 2 rings (SSSR count). The normalized spacial score (nSPS) is 10.1. The summed E-state index contributed by atoms with van der Waals surface area (Å²) in [5.74, 6) is 0.810. The van der Waals surface area contributed by atoms with E-state index < -0.39 is 0 Å². The number of benzene rings is 2. The van der Waals surface area contributed by atoms with Gasteiger partial charge in [-0.2, -0.15) is 0 Å². The van der Waals surface area contributed by atoms with E-state index in [2.05, 4.69) is 0 Å². The van der Waals surface area contributed by atoms with Crippen molar-refractivity contribution < 1.29 is 19.1 Å². The standard InChI is InChI=1S/C18H18O4/c1-12(19)9-14-10-16(21-2)17(22-3)11-15(14)18(20)13-7-5-4-6-8-13/h4-8,10-11H,9H2,1-3H3. The molecule has 4 heteroatoms. The second-order valence-electron chi connectivity index (χ2n) is 4.94. The third kappa shape index (κ3) is 3.34. The molecule has 0 atom stereocenters. The van der Waals surface area contributed by atoms with Gasteiger partial charge in [-0.15, -0.1) is 0 Å². The third-order valence-electron chi connectivity index (χ3n) is 3.33. The van der Waals surface area contributed by atoms with Crippen LogP contribution in [0.2, 0.25) is 0 Å². The van der Waals surface area contributed by atoms with Gasteiger partial charge in [-0.3, -0.25) is 9.59 Å². The van der Waals surface area contributed by atoms with Crippen molar-refractivity contribution in [1.82, 2.24) is 0 Å². The smallest absolute Gasteiger partial charge is 0.193 e. The van der Waals surface area contributed by atoms with Gasteiger partial charge in [0, 0.05) is 17.5 Å². The molecular formula is C18H18O4. The Kier molecular flexibility index (Phi) is 4.94. The minimum atomic E-state index is -0.141. The van der Waals surface area contributed by atoms with Gasteiger partial charge in [-0.1, -0.05) is 30.3 Å². The molecule has 2 aromatic rings. The Bertz CT molecular complexity index is 690. The summed E-state index contributed by atoms with van der Waals surface area (Å²) >= 11 is 0. The Balaban J connectivity index is 2.56. The van der Waals surface area contributed by atoms with Crippen molar-refractivity contribution >= 4 is 11.6 Å². The van der Waals surface area contributed by atoms with E-state index in [9.17, 15) is 9.59 Å². The highest BCUT2D eigenvalue weighted by Crippen LogP contribution is 2.32. The molecule has 0 bridgehead atoms. The van der Waals surface area contributed by atoms with Crippen molar-refractivity contribution in [3.63, 3.8) is 0 Å². The van der Waals surface area contributed by atoms with Crippen molar-refractivity contribution in [3.05, 3.63) is 59.2 Å². The predicted octanol–water partition coefficient (Wildman–Crippen LogP) is 3.07. The van der Waals surface area contributed by atoms with Crippen LogP contribution in [0.3, 0.4) is 0 Å². The average Bonchev–Trinajstić information content (AvgIpc) is 2.54. The SMILES string of the molecule is COc1cc(CC(C)=O)c(C(=O)c2ccccc2)cc1OC. The van der Waals surface area contributed by atoms with Gasteiger partial charge >= 0.3 is 0 Å². The van der Waals surface area contributed by atoms with Crippen LogP contribution in [0.4, 0.5) is 0 Å². The van der Waals surface area contributed by atoms with Gasteiger partial charge in [0.15, 0.2) is 17.3 Å². The van der Waals surface area contributed by atoms with Gasteiger partial charge in [-0.25, -0.2) is 0 Å². The Morgan fingerprint density at radius 2 is 1.55 bits per heavy atom. The highest BCUT2D eigenvalue weighted by molar-refractivity contribution is 6.10. The number of rotatable bonds is 6. The fraction of sp³-hybridized carbons (Fsp3) is 0.222. The molecule has 114 valence electrons. The predicted molar refractivity (Wildman–Crippen MR) is 83.8 cm³/mol. The molecule has 0 saturated heterocycles. The molecule has 0 amide bonds. The maximum atomic E-state index is 12.7. The highest BCUT2D eigenvalue weighted by Gasteiger charge is 2.18. The molecular weight excluding hydrogens is 280 g/mol. The van der Waals surface area contributed by atoms with Crippen LogP contribution in [-0.2, 0) is 11.2 Å². The molecule has 0 aliphatic rings. The highest BCUT2D eigenvalue weighted by atomic mass is 16.5. The van der Waals surface area contributed by atoms with Gasteiger partial charge in [0.2, 0.25) is 0 Å². The summed E-state index contributed by atoms with van der Waals surface area (Å²) in [6.45, 7) is 1.49. The molecule has 0 aromatic heterocycles. The third-order valence-corrected chi connectivity index (χ3v) is 3.33. The molecule has 0 N–H and O–H groups in total. The minimum absolute atomic E-state index is 0.0191. The van der Waals surface area contributed by atoms with E-state index in [-0.39, 0.29) is 18.0 Å². The topological polar surface area (TPSA) is 52.6 Å². The second-order valence-corrected chi connectivity index (χ2v) is 4.94. The van der Waals surface area contributed by atoms with Crippen molar-refractivity contribution in [2.75, 3.05) is 14.2 Å². The zero-order valence-corrected chi connectivity index (χ0v) is 12.9. The molecule has 0 saturated carbocycles. The fourth-order valence-electron chi connectivity index (χ4n) is 2.29. The van der Waals surface area contributed by atoms with Gasteiger partial charge in [0.25, 0.3) is 0 Å². The molecule has 4 nitrogen and oxygen atoms in total. The Morgan fingerprint density at radius 3 is 2.09 bits per heavy atom. The zero-order chi connectivity index (χ0) is 16.1. The fourth-order valence-corrected chi connectivity index (χ4v) is 2.29. The van der Waals surface area contributed by atoms with Crippen molar-refractivity contribution in [2.45, 2.75) is 13.3 Å². The van der Waals surface area contributed by atoms with Crippen LogP contribution >= 0.6 is 0 Å². The second kappa shape index (κ2) is 6.89. The zero-order valence-electron chi connectivity index (χ0n) is 12.9. The van der Waals surface area contributed by atoms with Crippen LogP contribution in [-0.4, -0.2) is 25.8 Å². The lowest BCUT2D eigenvalue weighted by Gasteiger charge is -2.14. The average molecular weight is 298 g/mol. The summed E-state index contributed by atoms with van der Waals surface area (Å²) in [5, 5.41) is 0. The molecule has 0 aliphatic heterocycles. The van der Waals surface area contributed by atoms with Crippen molar-refractivity contribution in [3.8, 4) is 11.5 Å². The first-order valence-electron chi connectivity index (χ1n) is 6.91. The Labute approximate surface area is 129 Å². The monoisotopic (exact) mass is 298 g/mol. The van der Waals surface area contributed by atoms with E-state index in [1.807, 2.05) is 6.07 Å². The van der Waals surface area contributed by atoms with E-state index in [1.165, 1.54) is 21.1 Å². The van der Waals surface area contributed by atoms with Crippen LogP contribution in [0.25, 0.3) is 0 Å². The van der Waals surface area contributed by atoms with Crippen LogP contribution in [0.15, 0.2) is 42.5 Å². The van der Waals surface area contributed by atoms with E-state index in [1.54, 1.807) is 36.4 Å². The summed E-state index contributed by atoms with van der Waals surface area (Å²) in [6, 6.07) is 12.3. The molecule has 22 heavy (non-hydrogen) atoms. The number of Topliss-reactive ketones (excluding diaryl/α,β-unsaturated/α-hetero) is 1. The number of methoxy groups -OCH3 is 2. The summed E-state index contributed by atoms with van der Waals surface area (Å²) in [5.41, 5.74) is 1.66. The van der Waals surface area contributed by atoms with Crippen molar-refractivity contribution in [2.24, 2.45) is 0 Å². The van der Waals surface area contributed by atoms with Crippen molar-refractivity contribution in [1.29, 1.82) is 0 Å². The van der Waals surface area contributed by atoms with E-state index >= 15 is 0 Å². The number of ketones is 2. The maximum Gasteiger partial charge on any atom is 0.193 e. The summed E-state index contributed by atoms with van der Waals surface area (Å²) in [4.78, 5) is 24.2. The summed E-state index contributed by atoms with van der Waals surface area (Å²) < 4.78 is 10.5. The molecule has 0 radical (unpaired) electrons. The van der Waals surface area contributed by atoms with Gasteiger partial charge < -0.3 is 9.47 Å². The number of carbonyl (C=O) groups is 2. The molecule has 0 fully saturated rings. The van der Waals surface area contributed by atoms with E-state index in [0.29, 0.717) is 28.2 Å². The first-order chi connectivity index (χ1) is 10.6. The lowest BCUT2D eigenvalue weighted by molar-refractivity contribution is -0.116. The Hall–Kier alpha value is -2.62. The minimum Gasteiger partial charge on any atom is -0.493 e. The van der Waals surface area contributed by atoms with Gasteiger partial charge in [0.05, 0.1) is 14.2 Å². The molecule has 2 aromatic carbocycles. The summed E-state index contributed by atoms with van der Waals surface area (Å²) in [6.07, 6.45) is 0.175. The van der Waals surface area contributed by atoms with Crippen LogP contribution in [0.1, 0.15) is 28.4 Å². The molecule has 0 unspecified atom stereocenters. The van der Waals surface area contributed by atoms with Crippen LogP contribution < -0.4 is 9.47 Å². The van der Waals surface area contributed by atoms with Crippen LogP contribution in [0.5, 0.6) is 11.5 Å². The molecule has 0 aliphatic carbocycles. The quantitative estimate of drug-likeness (QED) is 0.769. The van der Waals surface area contributed by atoms with Gasteiger partial charge in [0.1, 0.15) is 5.78 Å². The largest absolute Gasteiger partial charge is 0.493 e. The number of hydrogen-bond donors (Lipinski definition) is 0. The maximum absolute atomic E-state index is 12.7. The lowest BCUT2D eigenvalue weighted by Crippen LogP contribution is -2.09.